The molecular weight excluding hydrogens is 346 g/mol. The van der Waals surface area contributed by atoms with Gasteiger partial charge >= 0.3 is 0 Å². The molecule has 140 valence electrons. The van der Waals surface area contributed by atoms with E-state index in [2.05, 4.69) is 10.1 Å². The van der Waals surface area contributed by atoms with Gasteiger partial charge in [0.25, 0.3) is 5.56 Å². The van der Waals surface area contributed by atoms with Crippen LogP contribution in [0.4, 0.5) is 0 Å². The largest absolute Gasteiger partial charge is 0.502 e. The van der Waals surface area contributed by atoms with Crippen molar-refractivity contribution in [2.24, 2.45) is 0 Å². The molecule has 0 atom stereocenters. The van der Waals surface area contributed by atoms with Crippen molar-refractivity contribution in [1.82, 2.24) is 14.8 Å². The van der Waals surface area contributed by atoms with Gasteiger partial charge in [-0.3, -0.25) is 19.4 Å². The maximum atomic E-state index is 12.5. The second-order valence-electron chi connectivity index (χ2n) is 7.47. The molecule has 3 N–H and O–H groups in total. The summed E-state index contributed by atoms with van der Waals surface area (Å²) in [5.41, 5.74) is 1.34. The number of H-pyrrole nitrogens is 2. The molecule has 1 aliphatic carbocycles. The Morgan fingerprint density at radius 3 is 2.56 bits per heavy atom. The molecule has 0 radical (unpaired) electrons. The van der Waals surface area contributed by atoms with Crippen molar-refractivity contribution in [3.05, 3.63) is 38.8 Å². The number of rotatable bonds is 1. The Labute approximate surface area is 153 Å². The van der Waals surface area contributed by atoms with E-state index in [1.54, 1.807) is 12.1 Å². The van der Waals surface area contributed by atoms with E-state index < -0.39 is 11.2 Å². The average Bonchev–Trinajstić information content (AvgIpc) is 3.15. The minimum atomic E-state index is -0.483. The monoisotopic (exact) mass is 367 g/mol. The molecule has 1 fully saturated rings. The van der Waals surface area contributed by atoms with Gasteiger partial charge in [0.2, 0.25) is 11.2 Å². The predicted molar refractivity (Wildman–Crippen MR) is 103 cm³/mol. The summed E-state index contributed by atoms with van der Waals surface area (Å²) in [5.74, 6) is -0.404. The van der Waals surface area contributed by atoms with Crippen LogP contribution in [0.3, 0.4) is 0 Å². The van der Waals surface area contributed by atoms with Crippen LogP contribution < -0.4 is 11.0 Å². The first-order valence-electron chi connectivity index (χ1n) is 9.55. The van der Waals surface area contributed by atoms with Gasteiger partial charge in [0.1, 0.15) is 5.65 Å². The molecule has 5 rings (SSSR count). The highest BCUT2D eigenvalue weighted by Gasteiger charge is 2.20. The summed E-state index contributed by atoms with van der Waals surface area (Å²) in [6.07, 6.45) is 8.14. The van der Waals surface area contributed by atoms with Gasteiger partial charge in [-0.2, -0.15) is 0 Å². The molecular formula is C20H21N3O4. The number of aromatic hydroxyl groups is 1. The fourth-order valence-corrected chi connectivity index (χ4v) is 4.32. The van der Waals surface area contributed by atoms with E-state index in [0.29, 0.717) is 21.9 Å². The second-order valence-corrected chi connectivity index (χ2v) is 7.47. The fourth-order valence-electron chi connectivity index (χ4n) is 4.32. The lowest BCUT2D eigenvalue weighted by atomic mass is 9.97. The SMILES string of the molecule is O=c1ccc2c(oc3cc4c(=O)[nH]n(C5CCCCCCC5)c4[nH]c32)c1O. The molecule has 0 aliphatic heterocycles. The number of phenolic OH excluding ortho intramolecular Hbond substituents is 1. The summed E-state index contributed by atoms with van der Waals surface area (Å²) >= 11 is 0. The lowest BCUT2D eigenvalue weighted by molar-refractivity contribution is 0.353. The zero-order valence-corrected chi connectivity index (χ0v) is 14.9. The van der Waals surface area contributed by atoms with Gasteiger partial charge in [-0.15, -0.1) is 0 Å². The molecule has 7 nitrogen and oxygen atoms in total. The van der Waals surface area contributed by atoms with Crippen LogP contribution in [0.25, 0.3) is 33.1 Å². The van der Waals surface area contributed by atoms with E-state index in [1.165, 1.54) is 25.3 Å². The van der Waals surface area contributed by atoms with E-state index in [0.717, 1.165) is 31.3 Å². The number of hydrogen-bond donors (Lipinski definition) is 3. The van der Waals surface area contributed by atoms with E-state index in [9.17, 15) is 14.7 Å². The number of benzene rings is 1. The first-order valence-corrected chi connectivity index (χ1v) is 9.55. The highest BCUT2D eigenvalue weighted by Crippen LogP contribution is 2.33. The summed E-state index contributed by atoms with van der Waals surface area (Å²) in [4.78, 5) is 27.6. The van der Waals surface area contributed by atoms with Crippen LogP contribution in [0, 0.1) is 0 Å². The topological polar surface area (TPSA) is 104 Å². The Morgan fingerprint density at radius 2 is 1.78 bits per heavy atom. The van der Waals surface area contributed by atoms with Gasteiger partial charge in [0.15, 0.2) is 11.2 Å². The van der Waals surface area contributed by atoms with Crippen LogP contribution in [0.1, 0.15) is 51.0 Å². The van der Waals surface area contributed by atoms with Crippen LogP contribution in [-0.2, 0) is 0 Å². The van der Waals surface area contributed by atoms with E-state index in [1.807, 2.05) is 4.68 Å². The molecule has 0 spiro atoms. The third-order valence-electron chi connectivity index (χ3n) is 5.74. The Kier molecular flexibility index (Phi) is 3.63. The van der Waals surface area contributed by atoms with Gasteiger partial charge < -0.3 is 14.5 Å². The predicted octanol–water partition coefficient (Wildman–Crippen LogP) is 3.91. The maximum absolute atomic E-state index is 12.5. The summed E-state index contributed by atoms with van der Waals surface area (Å²) in [7, 11) is 0. The van der Waals surface area contributed by atoms with Gasteiger partial charge in [-0.05, 0) is 31.0 Å². The number of pyridine rings is 1. The first kappa shape index (κ1) is 16.2. The van der Waals surface area contributed by atoms with Crippen molar-refractivity contribution in [2.75, 3.05) is 0 Å². The first-order chi connectivity index (χ1) is 13.1. The maximum Gasteiger partial charge on any atom is 0.273 e. The highest BCUT2D eigenvalue weighted by atomic mass is 16.4. The van der Waals surface area contributed by atoms with Crippen molar-refractivity contribution >= 4 is 33.1 Å². The van der Waals surface area contributed by atoms with Crippen LogP contribution in [0.5, 0.6) is 5.75 Å². The third kappa shape index (κ3) is 2.49. The lowest BCUT2D eigenvalue weighted by Gasteiger charge is -2.21. The van der Waals surface area contributed by atoms with Crippen molar-refractivity contribution in [1.29, 1.82) is 0 Å². The van der Waals surface area contributed by atoms with Gasteiger partial charge in [0, 0.05) is 5.39 Å². The number of hydrogen-bond acceptors (Lipinski definition) is 4. The molecule has 1 aliphatic rings. The van der Waals surface area contributed by atoms with Crippen molar-refractivity contribution < 1.29 is 9.52 Å². The minimum Gasteiger partial charge on any atom is -0.502 e. The second kappa shape index (κ2) is 6.04. The molecule has 27 heavy (non-hydrogen) atoms. The Bertz CT molecular complexity index is 1270. The molecule has 0 bridgehead atoms. The van der Waals surface area contributed by atoms with Crippen LogP contribution in [-0.4, -0.2) is 19.9 Å². The van der Waals surface area contributed by atoms with Gasteiger partial charge in [0.05, 0.1) is 16.9 Å². The molecule has 4 aromatic rings. The summed E-state index contributed by atoms with van der Waals surface area (Å²) in [6, 6.07) is 4.90. The van der Waals surface area contributed by atoms with Crippen molar-refractivity contribution in [3.8, 4) is 5.75 Å². The molecule has 3 aromatic heterocycles. The number of phenols is 1. The molecule has 0 amide bonds. The highest BCUT2D eigenvalue weighted by molar-refractivity contribution is 6.07. The summed E-state index contributed by atoms with van der Waals surface area (Å²) < 4.78 is 7.64. The molecule has 0 saturated heterocycles. The van der Waals surface area contributed by atoms with E-state index in [-0.39, 0.29) is 17.2 Å². The number of aromatic nitrogens is 3. The number of furan rings is 1. The third-order valence-corrected chi connectivity index (χ3v) is 5.74. The molecule has 0 unspecified atom stereocenters. The van der Waals surface area contributed by atoms with Crippen LogP contribution in [0.2, 0.25) is 0 Å². The quantitative estimate of drug-likeness (QED) is 0.474. The smallest absolute Gasteiger partial charge is 0.273 e. The van der Waals surface area contributed by atoms with E-state index in [4.69, 9.17) is 4.42 Å². The minimum absolute atomic E-state index is 0.148. The van der Waals surface area contributed by atoms with E-state index >= 15 is 0 Å². The van der Waals surface area contributed by atoms with Crippen LogP contribution >= 0.6 is 0 Å². The average molecular weight is 367 g/mol. The molecule has 3 heterocycles. The van der Waals surface area contributed by atoms with Crippen molar-refractivity contribution in [2.45, 2.75) is 51.0 Å². The zero-order chi connectivity index (χ0) is 18.5. The normalized spacial score (nSPS) is 16.9. The Balaban J connectivity index is 1.75. The van der Waals surface area contributed by atoms with Crippen LogP contribution in [0.15, 0.2) is 32.2 Å². The Morgan fingerprint density at radius 1 is 1.04 bits per heavy atom. The standard InChI is InChI=1S/C20H21N3O4/c24-14-9-8-12-16-15(27-18(12)17(14)25)10-13-19(21-16)23(22-20(13)26)11-6-4-2-1-3-5-7-11/h8-11,21,25H,1-7H2,(H,22,26). The number of nitrogens with one attached hydrogen (secondary N) is 2. The number of aromatic amines is 2. The summed E-state index contributed by atoms with van der Waals surface area (Å²) in [5, 5.41) is 14.2. The van der Waals surface area contributed by atoms with Gasteiger partial charge in [-0.25, -0.2) is 0 Å². The fraction of sp³-hybridized carbons (Fsp3) is 0.400. The van der Waals surface area contributed by atoms with Gasteiger partial charge in [-0.1, -0.05) is 32.1 Å². The number of nitrogens with zero attached hydrogens (tertiary/aromatic N) is 1. The molecule has 1 saturated carbocycles. The molecule has 1 aromatic carbocycles. The lowest BCUT2D eigenvalue weighted by Crippen LogP contribution is -2.15. The molecule has 7 heteroatoms. The zero-order valence-electron chi connectivity index (χ0n) is 14.9. The number of fused-ring (bicyclic) bond motifs is 4. The Hall–Kier alpha value is -2.96. The summed E-state index contributed by atoms with van der Waals surface area (Å²) in [6.45, 7) is 0. The van der Waals surface area contributed by atoms with Crippen molar-refractivity contribution in [3.63, 3.8) is 0 Å².